The van der Waals surface area contributed by atoms with E-state index < -0.39 is 34.0 Å². The van der Waals surface area contributed by atoms with Crippen LogP contribution in [0.15, 0.2) is 29.2 Å². The lowest BCUT2D eigenvalue weighted by atomic mass is 10.2. The van der Waals surface area contributed by atoms with Crippen LogP contribution in [0, 0.1) is 0 Å². The van der Waals surface area contributed by atoms with Crippen molar-refractivity contribution >= 4 is 27.9 Å². The van der Waals surface area contributed by atoms with Crippen LogP contribution in [0.3, 0.4) is 0 Å². The minimum absolute atomic E-state index is 0.0285. The quantitative estimate of drug-likeness (QED) is 0.696. The predicted molar refractivity (Wildman–Crippen MR) is 94.0 cm³/mol. The molecule has 1 rings (SSSR count). The number of nitrogens with zero attached hydrogens (tertiary/aromatic N) is 1. The molecule has 1 aromatic carbocycles. The van der Waals surface area contributed by atoms with E-state index in [0.29, 0.717) is 0 Å². The molecule has 10 heteroatoms. The van der Waals surface area contributed by atoms with E-state index in [1.165, 1.54) is 39.2 Å². The Morgan fingerprint density at radius 2 is 1.73 bits per heavy atom. The summed E-state index contributed by atoms with van der Waals surface area (Å²) in [5, 5.41) is 4.52. The highest BCUT2D eigenvalue weighted by Crippen LogP contribution is 2.16. The molecule has 0 aliphatic heterocycles. The van der Waals surface area contributed by atoms with Gasteiger partial charge in [-0.1, -0.05) is 6.07 Å². The molecule has 0 bridgehead atoms. The summed E-state index contributed by atoms with van der Waals surface area (Å²) in [6.45, 7) is 4.75. The fourth-order valence-electron chi connectivity index (χ4n) is 1.79. The van der Waals surface area contributed by atoms with Crippen LogP contribution in [0.5, 0.6) is 0 Å². The van der Waals surface area contributed by atoms with E-state index in [2.05, 4.69) is 5.32 Å². The predicted octanol–water partition coefficient (Wildman–Crippen LogP) is 0.716. The van der Waals surface area contributed by atoms with Crippen LogP contribution in [-0.2, 0) is 19.6 Å². The molecule has 26 heavy (non-hydrogen) atoms. The van der Waals surface area contributed by atoms with Crippen LogP contribution < -0.4 is 10.6 Å². The summed E-state index contributed by atoms with van der Waals surface area (Å²) < 4.78 is 30.2. The Kier molecular flexibility index (Phi) is 7.28. The monoisotopic (exact) mass is 385 g/mol. The van der Waals surface area contributed by atoms with Crippen molar-refractivity contribution < 1.29 is 27.5 Å². The van der Waals surface area contributed by atoms with Gasteiger partial charge in [-0.3, -0.25) is 10.1 Å². The summed E-state index contributed by atoms with van der Waals surface area (Å²) in [5.41, 5.74) is -0.0285. The van der Waals surface area contributed by atoms with Crippen LogP contribution >= 0.6 is 0 Å². The molecular formula is C16H23N3O6S. The normalized spacial score (nSPS) is 12.6. The summed E-state index contributed by atoms with van der Waals surface area (Å²) in [4.78, 5) is 35.4. The molecule has 0 aliphatic rings. The number of nitrogens with one attached hydrogen (secondary N) is 2. The minimum atomic E-state index is -3.71. The van der Waals surface area contributed by atoms with Gasteiger partial charge in [0.05, 0.1) is 10.5 Å². The first kappa shape index (κ1) is 21.6. The molecule has 2 N–H and O–H groups in total. The molecule has 9 nitrogen and oxygen atoms in total. The zero-order chi connectivity index (χ0) is 20.1. The fourth-order valence-corrected chi connectivity index (χ4v) is 2.74. The lowest BCUT2D eigenvalue weighted by Gasteiger charge is -2.15. The second-order valence-corrected chi connectivity index (χ2v) is 8.13. The third-order valence-electron chi connectivity index (χ3n) is 3.16. The maximum Gasteiger partial charge on any atom is 0.338 e. The molecular weight excluding hydrogens is 362 g/mol. The first-order valence-corrected chi connectivity index (χ1v) is 9.24. The molecule has 3 amide bonds. The smallest absolute Gasteiger partial charge is 0.338 e. The Balaban J connectivity index is 2.82. The van der Waals surface area contributed by atoms with E-state index in [1.807, 2.05) is 5.32 Å². The number of rotatable bonds is 6. The molecule has 144 valence electrons. The summed E-state index contributed by atoms with van der Waals surface area (Å²) in [6.07, 6.45) is -1.24. The molecule has 0 fully saturated rings. The first-order chi connectivity index (χ1) is 11.9. The fraction of sp³-hybridized carbons (Fsp3) is 0.438. The van der Waals surface area contributed by atoms with Gasteiger partial charge in [0.2, 0.25) is 10.0 Å². The number of hydrogen-bond acceptors (Lipinski definition) is 6. The third kappa shape index (κ3) is 5.81. The molecule has 0 heterocycles. The molecule has 1 unspecified atom stereocenters. The third-order valence-corrected chi connectivity index (χ3v) is 4.97. The number of sulfonamides is 1. The van der Waals surface area contributed by atoms with E-state index in [-0.39, 0.29) is 16.5 Å². The summed E-state index contributed by atoms with van der Waals surface area (Å²) in [7, 11) is -0.972. The summed E-state index contributed by atoms with van der Waals surface area (Å²) >= 11 is 0. The van der Waals surface area contributed by atoms with Gasteiger partial charge >= 0.3 is 12.0 Å². The van der Waals surface area contributed by atoms with Gasteiger partial charge in [-0.25, -0.2) is 22.3 Å². The Morgan fingerprint density at radius 1 is 1.12 bits per heavy atom. The largest absolute Gasteiger partial charge is 0.449 e. The van der Waals surface area contributed by atoms with Crippen molar-refractivity contribution in [3.8, 4) is 0 Å². The van der Waals surface area contributed by atoms with Crippen molar-refractivity contribution in [3.63, 3.8) is 0 Å². The van der Waals surface area contributed by atoms with Gasteiger partial charge in [0.25, 0.3) is 5.91 Å². The van der Waals surface area contributed by atoms with E-state index in [0.717, 1.165) is 10.4 Å². The van der Waals surface area contributed by atoms with Crippen molar-refractivity contribution in [1.82, 2.24) is 14.9 Å². The van der Waals surface area contributed by atoms with Crippen molar-refractivity contribution in [2.45, 2.75) is 37.8 Å². The van der Waals surface area contributed by atoms with Gasteiger partial charge in [0.1, 0.15) is 0 Å². The minimum Gasteiger partial charge on any atom is -0.449 e. The summed E-state index contributed by atoms with van der Waals surface area (Å²) in [6, 6.07) is 4.40. The molecule has 0 saturated heterocycles. The Hall–Kier alpha value is -2.46. The average Bonchev–Trinajstić information content (AvgIpc) is 2.53. The molecule has 0 saturated carbocycles. The zero-order valence-electron chi connectivity index (χ0n) is 15.3. The number of imide groups is 1. The van der Waals surface area contributed by atoms with Crippen molar-refractivity contribution in [2.75, 3.05) is 14.1 Å². The van der Waals surface area contributed by atoms with Crippen LogP contribution in [0.25, 0.3) is 0 Å². The number of hydrogen-bond donors (Lipinski definition) is 2. The van der Waals surface area contributed by atoms with Gasteiger partial charge < -0.3 is 10.1 Å². The lowest BCUT2D eigenvalue weighted by molar-refractivity contribution is -0.127. The van der Waals surface area contributed by atoms with Crippen LogP contribution in [0.4, 0.5) is 4.79 Å². The van der Waals surface area contributed by atoms with Gasteiger partial charge in [-0.15, -0.1) is 0 Å². The highest BCUT2D eigenvalue weighted by molar-refractivity contribution is 7.89. The van der Waals surface area contributed by atoms with Crippen LogP contribution in [0.2, 0.25) is 0 Å². The SMILES string of the molecule is CC(C)NC(=O)NC(=O)C(C)OC(=O)c1cccc(S(=O)(=O)N(C)C)c1. The molecule has 0 radical (unpaired) electrons. The average molecular weight is 385 g/mol. The van der Waals surface area contributed by atoms with Crippen LogP contribution in [-0.4, -0.2) is 56.9 Å². The number of esters is 1. The summed E-state index contributed by atoms with van der Waals surface area (Å²) in [5.74, 6) is -1.68. The number of carbonyl (C=O) groups excluding carboxylic acids is 3. The van der Waals surface area contributed by atoms with E-state index in [1.54, 1.807) is 13.8 Å². The number of urea groups is 1. The van der Waals surface area contributed by atoms with Crippen molar-refractivity contribution in [2.24, 2.45) is 0 Å². The number of ether oxygens (including phenoxy) is 1. The number of amides is 3. The highest BCUT2D eigenvalue weighted by Gasteiger charge is 2.23. The Morgan fingerprint density at radius 3 is 2.27 bits per heavy atom. The van der Waals surface area contributed by atoms with Gasteiger partial charge in [-0.05, 0) is 39.0 Å². The number of carbonyl (C=O) groups is 3. The van der Waals surface area contributed by atoms with Crippen molar-refractivity contribution in [1.29, 1.82) is 0 Å². The topological polar surface area (TPSA) is 122 Å². The van der Waals surface area contributed by atoms with Gasteiger partial charge in [-0.2, -0.15) is 0 Å². The van der Waals surface area contributed by atoms with E-state index >= 15 is 0 Å². The molecule has 0 aromatic heterocycles. The second-order valence-electron chi connectivity index (χ2n) is 5.98. The molecule has 1 aromatic rings. The Bertz CT molecular complexity index is 789. The van der Waals surface area contributed by atoms with Gasteiger partial charge in [0, 0.05) is 20.1 Å². The standard InChI is InChI=1S/C16H23N3O6S/c1-10(2)17-16(22)18-14(20)11(3)25-15(21)12-7-6-8-13(9-12)26(23,24)19(4)5/h6-11H,1-5H3,(H2,17,18,20,22). The molecule has 1 atom stereocenters. The first-order valence-electron chi connectivity index (χ1n) is 7.80. The zero-order valence-corrected chi connectivity index (χ0v) is 16.1. The second kappa shape index (κ2) is 8.77. The van der Waals surface area contributed by atoms with E-state index in [9.17, 15) is 22.8 Å². The number of benzene rings is 1. The maximum absolute atomic E-state index is 12.2. The van der Waals surface area contributed by atoms with E-state index in [4.69, 9.17) is 4.74 Å². The highest BCUT2D eigenvalue weighted by atomic mass is 32.2. The van der Waals surface area contributed by atoms with Crippen molar-refractivity contribution in [3.05, 3.63) is 29.8 Å². The molecule has 0 aliphatic carbocycles. The lowest BCUT2D eigenvalue weighted by Crippen LogP contribution is -2.46. The molecule has 0 spiro atoms. The van der Waals surface area contributed by atoms with Gasteiger partial charge in [0.15, 0.2) is 6.10 Å². The van der Waals surface area contributed by atoms with Crippen LogP contribution in [0.1, 0.15) is 31.1 Å². The maximum atomic E-state index is 12.2. The Labute approximate surface area is 152 Å².